The van der Waals surface area contributed by atoms with Gasteiger partial charge >= 0.3 is 0 Å². The molecule has 2 nitrogen and oxygen atoms in total. The zero-order chi connectivity index (χ0) is 69.2. The highest BCUT2D eigenvalue weighted by atomic mass is 19.2. The molecule has 1 fully saturated rings. The standard InChI is InChI=1S/C56H32B4F30N2/c1-10(2)91(11(3)4)57-9-14(15-24(61)36(73)48(85)37(74)25(15)62)56(59(22-32(69)44(81)52(89)45(82)33(22)70)23-34(71)46(83)53(90)47(84)35(23)72)54-16(17-26(63)38(75)49(86)39(76)27(17)64)18(19(55(56)57)60(54)92(12(5)6)13(7)8)58(20-28(65)40(77)50(87)41(78)29(20)66)21-30(67)42(79)51(88)43(80)31(21)68/h9-13,19,54-55H,1-8H3/t19-,54+,55-,56-/m1/s1. The van der Waals surface area contributed by atoms with Crippen LogP contribution in [0.4, 0.5) is 132 Å². The first-order chi connectivity index (χ1) is 42.6. The van der Waals surface area contributed by atoms with Crippen LogP contribution in [0.25, 0.3) is 11.1 Å². The van der Waals surface area contributed by atoms with Crippen LogP contribution in [0.1, 0.15) is 66.5 Å². The molecule has 0 aromatic heterocycles. The molecule has 2 bridgehead atoms. The van der Waals surface area contributed by atoms with Gasteiger partial charge in [0, 0.05) is 21.9 Å². The second-order valence-corrected chi connectivity index (χ2v) is 22.9. The molecule has 0 saturated carbocycles. The molecule has 3 heterocycles. The van der Waals surface area contributed by atoms with Crippen LogP contribution in [0.15, 0.2) is 11.4 Å². The van der Waals surface area contributed by atoms with Crippen LogP contribution in [-0.4, -0.2) is 60.9 Å². The first-order valence-electron chi connectivity index (χ1n) is 26.7. The Morgan fingerprint density at radius 3 is 0.826 bits per heavy atom. The van der Waals surface area contributed by atoms with Gasteiger partial charge in [0.05, 0.1) is 11.1 Å². The number of nitrogens with zero attached hydrogens (tertiary/aromatic N) is 2. The van der Waals surface area contributed by atoms with Crippen LogP contribution in [0.5, 0.6) is 0 Å². The summed E-state index contributed by atoms with van der Waals surface area (Å²) in [7, 11) is 0. The minimum Gasteiger partial charge on any atom is -0.337 e. The summed E-state index contributed by atoms with van der Waals surface area (Å²) < 4.78 is 497. The van der Waals surface area contributed by atoms with E-state index in [2.05, 4.69) is 0 Å². The van der Waals surface area contributed by atoms with E-state index in [1.165, 1.54) is 0 Å². The first kappa shape index (κ1) is 69.2. The minimum absolute atomic E-state index is 0.0459. The molecule has 0 aliphatic carbocycles. The van der Waals surface area contributed by atoms with Gasteiger partial charge in [-0.2, -0.15) is 0 Å². The molecular formula is C56H32B4F30N2. The number of fused-ring (bicyclic) bond motifs is 5. The maximum atomic E-state index is 17.7. The molecule has 0 radical (unpaired) electrons. The highest BCUT2D eigenvalue weighted by molar-refractivity contribution is 6.99. The van der Waals surface area contributed by atoms with E-state index in [0.29, 0.717) is 4.81 Å². The van der Waals surface area contributed by atoms with Crippen molar-refractivity contribution in [3.05, 3.63) is 197 Å². The predicted molar refractivity (Wildman–Crippen MR) is 272 cm³/mol. The molecule has 4 atom stereocenters. The van der Waals surface area contributed by atoms with E-state index in [9.17, 15) is 0 Å². The van der Waals surface area contributed by atoms with Crippen molar-refractivity contribution in [2.75, 3.05) is 0 Å². The SMILES string of the molecule is CC(C)N(B1C=C(c2c(F)c(F)c(F)c(F)c2F)[C@]2(B(c3c(F)c(F)c(F)c(F)c3F)c3c(F)c(F)c(F)c(F)c3F)[C@H]1[C@@H]1B(N(C(C)C)C(C)C)[C@H]2C(c2c(F)c(F)c(F)c(F)c2F)=C1B(c1c(F)c(F)c(F)c(F)c1F)c1c(F)c(F)c(F)c(F)c1F)C(C)C. The van der Waals surface area contributed by atoms with E-state index in [-0.39, 0.29) is 5.98 Å². The van der Waals surface area contributed by atoms with Crippen molar-refractivity contribution in [1.29, 1.82) is 0 Å². The lowest BCUT2D eigenvalue weighted by Gasteiger charge is -2.52. The summed E-state index contributed by atoms with van der Waals surface area (Å²) in [5.41, 5.74) is -25.1. The topological polar surface area (TPSA) is 6.48 Å². The van der Waals surface area contributed by atoms with Crippen molar-refractivity contribution in [1.82, 2.24) is 9.62 Å². The fourth-order valence-electron chi connectivity index (χ4n) is 14.5. The fourth-order valence-corrected chi connectivity index (χ4v) is 14.5. The Balaban J connectivity index is 1.80. The smallest absolute Gasteiger partial charge is 0.254 e. The first-order valence-corrected chi connectivity index (χ1v) is 26.7. The van der Waals surface area contributed by atoms with Crippen LogP contribution in [0, 0.1) is 175 Å². The summed E-state index contributed by atoms with van der Waals surface area (Å²) in [6.07, 6.45) is 0. The van der Waals surface area contributed by atoms with Gasteiger partial charge in [0.25, 0.3) is 13.6 Å². The summed E-state index contributed by atoms with van der Waals surface area (Å²) in [4.78, 5) is 1.44. The van der Waals surface area contributed by atoms with Gasteiger partial charge in [-0.1, -0.05) is 66.8 Å². The Hall–Kier alpha value is -7.12. The highest BCUT2D eigenvalue weighted by Gasteiger charge is 2.80. The molecule has 3 aliphatic rings. The van der Waals surface area contributed by atoms with Crippen molar-refractivity contribution in [2.24, 2.45) is 0 Å². The number of rotatable bonds is 14. The van der Waals surface area contributed by atoms with Gasteiger partial charge in [-0.05, 0) is 58.1 Å². The van der Waals surface area contributed by atoms with Crippen molar-refractivity contribution in [3.63, 3.8) is 0 Å². The van der Waals surface area contributed by atoms with E-state index < -0.39 is 298 Å². The molecule has 3 aliphatic heterocycles. The predicted octanol–water partition coefficient (Wildman–Crippen LogP) is 14.5. The zero-order valence-electron chi connectivity index (χ0n) is 47.2. The Bertz CT molecular complexity index is 3920. The van der Waals surface area contributed by atoms with Gasteiger partial charge in [-0.25, -0.2) is 132 Å². The second kappa shape index (κ2) is 23.7. The lowest BCUT2D eigenvalue weighted by Crippen LogP contribution is -2.62. The molecule has 36 heteroatoms. The van der Waals surface area contributed by atoms with Gasteiger partial charge in [-0.3, -0.25) is 0 Å². The summed E-state index contributed by atoms with van der Waals surface area (Å²) in [5, 5.41) is -4.80. The van der Waals surface area contributed by atoms with Gasteiger partial charge in [0.1, 0.15) is 0 Å². The molecule has 0 spiro atoms. The Labute approximate surface area is 499 Å². The average Bonchev–Trinajstić information content (AvgIpc) is 1.46. The molecule has 6 aromatic rings. The third-order valence-electron chi connectivity index (χ3n) is 17.3. The molecule has 9 rings (SSSR count). The van der Waals surface area contributed by atoms with E-state index in [1.54, 1.807) is 0 Å². The van der Waals surface area contributed by atoms with Gasteiger partial charge in [0.15, 0.2) is 163 Å². The van der Waals surface area contributed by atoms with Gasteiger partial charge in [0.2, 0.25) is 25.2 Å². The number of halogens is 30. The van der Waals surface area contributed by atoms with Crippen molar-refractivity contribution in [3.8, 4) is 0 Å². The zero-order valence-corrected chi connectivity index (χ0v) is 47.2. The third-order valence-corrected chi connectivity index (χ3v) is 17.3. The normalized spacial score (nSPS) is 18.2. The van der Waals surface area contributed by atoms with Gasteiger partial charge in [-0.15, -0.1) is 0 Å². The average molecular weight is 1350 g/mol. The number of hydrogen-bond acceptors (Lipinski definition) is 2. The minimum atomic E-state index is -4.80. The molecule has 0 unspecified atom stereocenters. The Kier molecular flexibility index (Phi) is 17.8. The van der Waals surface area contributed by atoms with E-state index in [4.69, 9.17) is 0 Å². The lowest BCUT2D eigenvalue weighted by molar-refractivity contribution is 0.296. The third kappa shape index (κ3) is 9.27. The Morgan fingerprint density at radius 2 is 0.554 bits per heavy atom. The maximum Gasteiger partial charge on any atom is 0.254 e. The monoisotopic (exact) mass is 1350 g/mol. The number of benzene rings is 6. The molecule has 1 saturated heterocycles. The lowest BCUT2D eigenvalue weighted by atomic mass is 9.17. The van der Waals surface area contributed by atoms with Crippen molar-refractivity contribution >= 4 is 60.1 Å². The van der Waals surface area contributed by atoms with Gasteiger partial charge < -0.3 is 9.62 Å². The summed E-state index contributed by atoms with van der Waals surface area (Å²) in [6, 6.07) is -6.54. The van der Waals surface area contributed by atoms with Crippen LogP contribution >= 0.6 is 0 Å². The van der Waals surface area contributed by atoms with E-state index in [0.717, 1.165) is 60.2 Å². The molecule has 6 aromatic carbocycles. The van der Waals surface area contributed by atoms with Crippen molar-refractivity contribution < 1.29 is 132 Å². The van der Waals surface area contributed by atoms with Crippen LogP contribution in [0.2, 0.25) is 22.8 Å². The molecule has 92 heavy (non-hydrogen) atoms. The molecular weight excluding hydrogens is 1310 g/mol. The molecule has 0 N–H and O–H groups in total. The fraction of sp³-hybridized carbons (Fsp3) is 0.286. The number of allylic oxidation sites excluding steroid dienone is 3. The van der Waals surface area contributed by atoms with E-state index >= 15 is 132 Å². The number of hydrogen-bond donors (Lipinski definition) is 0. The molecule has 488 valence electrons. The van der Waals surface area contributed by atoms with Crippen LogP contribution in [0.3, 0.4) is 0 Å². The van der Waals surface area contributed by atoms with Crippen LogP contribution < -0.4 is 21.9 Å². The highest BCUT2D eigenvalue weighted by Crippen LogP contribution is 2.85. The summed E-state index contributed by atoms with van der Waals surface area (Å²) in [6.45, 7) is -7.01. The second-order valence-electron chi connectivity index (χ2n) is 22.9. The summed E-state index contributed by atoms with van der Waals surface area (Å²) >= 11 is 0. The largest absolute Gasteiger partial charge is 0.337 e. The quantitative estimate of drug-likeness (QED) is 0.0464. The maximum absolute atomic E-state index is 17.7. The molecule has 0 amide bonds. The Morgan fingerprint density at radius 1 is 0.315 bits per heavy atom. The summed E-state index contributed by atoms with van der Waals surface area (Å²) in [5.74, 6) is -112. The van der Waals surface area contributed by atoms with Crippen molar-refractivity contribution in [2.45, 2.75) is 102 Å². The van der Waals surface area contributed by atoms with E-state index in [1.807, 2.05) is 0 Å². The van der Waals surface area contributed by atoms with Crippen LogP contribution in [-0.2, 0) is 0 Å².